The number of rotatable bonds is 26. The molecule has 0 radical (unpaired) electrons. The Morgan fingerprint density at radius 2 is 1.41 bits per heavy atom. The van der Waals surface area contributed by atoms with Crippen molar-refractivity contribution in [2.24, 2.45) is 94.7 Å². The average molecular weight is 1270 g/mol. The van der Waals surface area contributed by atoms with Gasteiger partial charge in [0.1, 0.15) is 18.3 Å². The average Bonchev–Trinajstić information content (AvgIpc) is 1.53. The minimum atomic E-state index is -5.05. The zero-order chi connectivity index (χ0) is 66.7. The second-order valence-electron chi connectivity index (χ2n) is 27.3. The van der Waals surface area contributed by atoms with Crippen molar-refractivity contribution in [1.29, 1.82) is 0 Å². The first-order valence-electron chi connectivity index (χ1n) is 30.7. The van der Waals surface area contributed by atoms with Gasteiger partial charge in [0.05, 0.1) is 42.3 Å². The Balaban J connectivity index is 1.19. The van der Waals surface area contributed by atoms with Crippen molar-refractivity contribution in [2.75, 3.05) is 30.0 Å². The van der Waals surface area contributed by atoms with Gasteiger partial charge in [-0.05, 0) is 108 Å². The molecule has 1 aromatic carbocycles. The summed E-state index contributed by atoms with van der Waals surface area (Å²) < 4.78 is 30.8. The van der Waals surface area contributed by atoms with Crippen LogP contribution in [0.3, 0.4) is 0 Å². The maximum absolute atomic E-state index is 14.4. The Kier molecular flexibility index (Phi) is 19.7. The van der Waals surface area contributed by atoms with E-state index in [0.717, 1.165) is 22.5 Å². The molecule has 5 unspecified atom stereocenters. The van der Waals surface area contributed by atoms with E-state index in [9.17, 15) is 53.2 Å². The maximum Gasteiger partial charge on any atom is 0.472 e. The zero-order valence-electron chi connectivity index (χ0n) is 53.4. The van der Waals surface area contributed by atoms with Crippen molar-refractivity contribution in [2.45, 2.75) is 189 Å². The number of aliphatic imine (C=N–C) groups is 3. The number of amides is 7. The molecule has 90 heavy (non-hydrogen) atoms. The lowest BCUT2D eigenvalue weighted by atomic mass is 9.55. The second kappa shape index (κ2) is 25.7. The SMILES string of the molecule is CC1=C2N=C(C=C3NC(=C(C)C4=N[C@@](C)(C5N=C1[C@](C)(CCC(=O)NCC(C)OP(=O)(O)O[C@H]1[C@@H](O)[C@@H](N6CNc7cc(C)c(C)cc76)O[C@@H]1CO)C5CC(N)=O)[C@@](C)(CC(N)=O)[C@@H]4CCC(N)=O)[C@@](C)(CC(N)=O)[C@@H]3CCC(N)=O)C(C)(C)C2CCC(N)=O. The van der Waals surface area contributed by atoms with Crippen LogP contribution in [0.5, 0.6) is 0 Å². The van der Waals surface area contributed by atoms with E-state index in [2.05, 4.69) is 16.0 Å². The van der Waals surface area contributed by atoms with Gasteiger partial charge < -0.3 is 75.1 Å². The topological polar surface area (TPSA) is 457 Å². The summed E-state index contributed by atoms with van der Waals surface area (Å²) in [4.78, 5) is 123. The predicted molar refractivity (Wildman–Crippen MR) is 336 cm³/mol. The van der Waals surface area contributed by atoms with Crippen LogP contribution < -0.4 is 55.3 Å². The summed E-state index contributed by atoms with van der Waals surface area (Å²) in [5.41, 5.74) is 37.8. The molecule has 7 aliphatic rings. The first kappa shape index (κ1) is 69.0. The van der Waals surface area contributed by atoms with Crippen LogP contribution in [-0.2, 0) is 51.9 Å². The van der Waals surface area contributed by atoms with Gasteiger partial charge in [0.25, 0.3) is 0 Å². The third kappa shape index (κ3) is 13.0. The van der Waals surface area contributed by atoms with Crippen LogP contribution in [0.15, 0.2) is 61.4 Å². The first-order valence-corrected chi connectivity index (χ1v) is 32.2. The number of phosphoric acid groups is 1. The molecule has 15 atom stereocenters. The van der Waals surface area contributed by atoms with Crippen LogP contribution in [0.2, 0.25) is 0 Å². The molecule has 8 rings (SSSR count). The highest BCUT2D eigenvalue weighted by Crippen LogP contribution is 2.63. The molecular formula is C62H92N13O14P. The molecule has 2 fully saturated rings. The molecule has 7 aliphatic heterocycles. The molecule has 2 saturated heterocycles. The van der Waals surface area contributed by atoms with Gasteiger partial charge in [0.15, 0.2) is 6.23 Å². The number of primary amides is 6. The number of carbonyl (C=O) groups is 7. The summed E-state index contributed by atoms with van der Waals surface area (Å²) in [5.74, 6) is -7.15. The van der Waals surface area contributed by atoms with Gasteiger partial charge in [-0.1, -0.05) is 34.6 Å². The highest BCUT2D eigenvalue weighted by Gasteiger charge is 2.66. The number of aliphatic hydroxyl groups excluding tert-OH is 2. The molecule has 8 bridgehead atoms. The Hall–Kier alpha value is -6.87. The minimum Gasteiger partial charge on any atom is -0.394 e. The molecule has 1 aromatic rings. The first-order chi connectivity index (χ1) is 41.8. The van der Waals surface area contributed by atoms with Crippen LogP contribution in [0.25, 0.3) is 0 Å². The van der Waals surface area contributed by atoms with Crippen LogP contribution in [0, 0.1) is 59.2 Å². The lowest BCUT2D eigenvalue weighted by Crippen LogP contribution is -2.56. The molecule has 0 aromatic heterocycles. The fraction of sp³-hybridized carbons (Fsp3) is 0.645. The van der Waals surface area contributed by atoms with Gasteiger partial charge in [0, 0.05) is 131 Å². The molecule has 0 spiro atoms. The molecule has 28 heteroatoms. The van der Waals surface area contributed by atoms with Gasteiger partial charge in [-0.15, -0.1) is 0 Å². The van der Waals surface area contributed by atoms with Crippen molar-refractivity contribution in [3.63, 3.8) is 0 Å². The van der Waals surface area contributed by atoms with Crippen LogP contribution in [0.4, 0.5) is 11.4 Å². The molecule has 18 N–H and O–H groups in total. The summed E-state index contributed by atoms with van der Waals surface area (Å²) in [5, 5.41) is 31.5. The number of hydrogen-bond donors (Lipinski definition) is 12. The normalized spacial score (nSPS) is 32.5. The molecule has 494 valence electrons. The minimum absolute atomic E-state index is 0.00663. The number of ether oxygens (including phenoxy) is 1. The Bertz CT molecular complexity index is 3380. The highest BCUT2D eigenvalue weighted by atomic mass is 31.2. The van der Waals surface area contributed by atoms with E-state index in [1.807, 2.05) is 87.4 Å². The van der Waals surface area contributed by atoms with Crippen molar-refractivity contribution >= 4 is 77.7 Å². The summed E-state index contributed by atoms with van der Waals surface area (Å²) in [6.45, 7) is 19.6. The number of aryl methyl sites for hydroxylation is 2. The van der Waals surface area contributed by atoms with E-state index in [1.165, 1.54) is 6.92 Å². The maximum atomic E-state index is 14.4. The summed E-state index contributed by atoms with van der Waals surface area (Å²) in [7, 11) is -5.05. The number of nitrogens with two attached hydrogens (primary N) is 6. The van der Waals surface area contributed by atoms with Gasteiger partial charge in [-0.3, -0.25) is 57.6 Å². The van der Waals surface area contributed by atoms with Crippen LogP contribution >= 0.6 is 7.82 Å². The Morgan fingerprint density at radius 3 is 2.00 bits per heavy atom. The third-order valence-electron chi connectivity index (χ3n) is 20.8. The van der Waals surface area contributed by atoms with Crippen molar-refractivity contribution < 1.29 is 67.0 Å². The Labute approximate surface area is 524 Å². The summed E-state index contributed by atoms with van der Waals surface area (Å²) >= 11 is 0. The largest absolute Gasteiger partial charge is 0.472 e. The van der Waals surface area contributed by atoms with E-state index in [0.29, 0.717) is 45.4 Å². The number of aliphatic hydroxyl groups is 2. The Morgan fingerprint density at radius 1 is 0.811 bits per heavy atom. The van der Waals surface area contributed by atoms with E-state index < -0.39 is 143 Å². The van der Waals surface area contributed by atoms with Crippen molar-refractivity contribution in [1.82, 2.24) is 10.6 Å². The lowest BCUT2D eigenvalue weighted by molar-refractivity contribution is -0.124. The molecule has 27 nitrogen and oxygen atoms in total. The van der Waals surface area contributed by atoms with Gasteiger partial charge in [-0.2, -0.15) is 0 Å². The smallest absolute Gasteiger partial charge is 0.394 e. The fourth-order valence-electron chi connectivity index (χ4n) is 15.6. The number of anilines is 2. The summed E-state index contributed by atoms with van der Waals surface area (Å²) in [6, 6.07) is 2.85. The van der Waals surface area contributed by atoms with Crippen LogP contribution in [-0.4, -0.2) is 136 Å². The number of nitrogens with one attached hydrogen (secondary N) is 3. The number of allylic oxidation sites excluding steroid dienone is 6. The molecular weight excluding hydrogens is 1180 g/mol. The summed E-state index contributed by atoms with van der Waals surface area (Å²) in [6.07, 6.45) is -5.47. The molecule has 0 aliphatic carbocycles. The van der Waals surface area contributed by atoms with Crippen molar-refractivity contribution in [3.8, 4) is 0 Å². The zero-order valence-corrected chi connectivity index (χ0v) is 54.3. The van der Waals surface area contributed by atoms with Gasteiger partial charge >= 0.3 is 7.82 Å². The van der Waals surface area contributed by atoms with E-state index in [1.54, 1.807) is 4.90 Å². The number of hydrogen-bond acceptors (Lipinski definition) is 19. The lowest BCUT2D eigenvalue weighted by Gasteiger charge is -2.48. The van der Waals surface area contributed by atoms with Gasteiger partial charge in [0.2, 0.25) is 41.4 Å². The second-order valence-corrected chi connectivity index (χ2v) is 28.6. The van der Waals surface area contributed by atoms with Crippen LogP contribution in [0.1, 0.15) is 144 Å². The van der Waals surface area contributed by atoms with E-state index >= 15 is 0 Å². The number of nitrogens with zero attached hydrogens (tertiary/aromatic N) is 4. The standard InChI is InChI=1S/C62H92N13O14P/c1-29-20-39-40(21-30(29)2)75(28-70-39)57-52(84)53(41(27-76)87-57)89-90(85,86)88-31(3)26-69-49(83)18-19-59(8)37(22-46(66)80)56-62(11)61(10,25-48(68)82)36(14-17-45(65)79)51(74-62)33(5)55-60(9,24-47(67)81)34(12-15-43(63)77)38(71-55)23-42-58(6,7)35(13-16-44(64)78)50(72-42)32(4)54(59)73-56/h20-21,23,31,34-37,41,52-53,56-57,70-71,76,84H,12-19,22,24-28H2,1-11H3,(H2,63,77)(H2,64,78)(H2,65,79)(H2,66,80)(H2,67,81)(H2,68,82)(H,69,83)(H,85,86)/t31?,34-,35?,36-,37?,41-,52-,53-,56?,57+,59-,60+,61+,62+/m1/s1. The molecule has 0 saturated carbocycles. The third-order valence-corrected chi connectivity index (χ3v) is 21.9. The van der Waals surface area contributed by atoms with Gasteiger partial charge in [-0.25, -0.2) is 4.57 Å². The number of carbonyl (C=O) groups excluding carboxylic acids is 7. The van der Waals surface area contributed by atoms with Crippen molar-refractivity contribution in [3.05, 3.63) is 57.6 Å². The number of phosphoric ester groups is 1. The monoisotopic (exact) mass is 1270 g/mol. The molecule has 7 amide bonds. The quantitative estimate of drug-likeness (QED) is 0.0593. The fourth-order valence-corrected chi connectivity index (χ4v) is 16.8. The van der Waals surface area contributed by atoms with E-state index in [4.69, 9.17) is 63.2 Å². The predicted octanol–water partition coefficient (Wildman–Crippen LogP) is 2.83. The molecule has 7 heterocycles. The number of benzene rings is 1. The highest BCUT2D eigenvalue weighted by molar-refractivity contribution is 7.47. The number of fused-ring (bicyclic) bond motifs is 7. The van der Waals surface area contributed by atoms with E-state index in [-0.39, 0.29) is 83.8 Å².